The Morgan fingerprint density at radius 2 is 1.71 bits per heavy atom. The van der Waals surface area contributed by atoms with Gasteiger partial charge in [0.15, 0.2) is 0 Å². The molecule has 114 valence electrons. The third kappa shape index (κ3) is 3.83. The van der Waals surface area contributed by atoms with Gasteiger partial charge >= 0.3 is 0 Å². The van der Waals surface area contributed by atoms with Crippen molar-refractivity contribution in [2.45, 2.75) is 44.6 Å². The van der Waals surface area contributed by atoms with Gasteiger partial charge in [-0.05, 0) is 30.7 Å². The minimum absolute atomic E-state index is 0.0658. The number of hydrogen-bond acceptors (Lipinski definition) is 2. The van der Waals surface area contributed by atoms with Crippen LogP contribution in [0.25, 0.3) is 10.8 Å². The molecule has 1 N–H and O–H groups in total. The number of nitrogens with one attached hydrogen (secondary N) is 1. The molecule has 2 atom stereocenters. The molecule has 0 bridgehead atoms. The number of fused-ring (bicyclic) bond motifs is 1. The summed E-state index contributed by atoms with van der Waals surface area (Å²) < 4.78 is 28.0. The zero-order chi connectivity index (χ0) is 15.5. The number of benzene rings is 2. The molecule has 0 aliphatic rings. The molecule has 0 heterocycles. The Labute approximate surface area is 127 Å². The summed E-state index contributed by atoms with van der Waals surface area (Å²) in [5.74, 6) is 0.509. The fraction of sp³-hybridized carbons (Fsp3) is 0.412. The van der Waals surface area contributed by atoms with E-state index >= 15 is 0 Å². The summed E-state index contributed by atoms with van der Waals surface area (Å²) in [5, 5.41) is 1.71. The Kier molecular flexibility index (Phi) is 5.01. The maximum Gasteiger partial charge on any atom is 0.241 e. The van der Waals surface area contributed by atoms with Crippen molar-refractivity contribution in [1.29, 1.82) is 0 Å². The molecule has 0 aliphatic heterocycles. The summed E-state index contributed by atoms with van der Waals surface area (Å²) >= 11 is 0. The highest BCUT2D eigenvalue weighted by molar-refractivity contribution is 7.89. The Hall–Kier alpha value is -1.39. The summed E-state index contributed by atoms with van der Waals surface area (Å²) in [6, 6.07) is 12.9. The molecule has 2 aromatic rings. The molecule has 2 unspecified atom stereocenters. The Morgan fingerprint density at radius 3 is 2.43 bits per heavy atom. The first-order valence-electron chi connectivity index (χ1n) is 7.44. The molecule has 21 heavy (non-hydrogen) atoms. The first-order chi connectivity index (χ1) is 9.94. The summed E-state index contributed by atoms with van der Waals surface area (Å²) in [5.41, 5.74) is 0. The minimum atomic E-state index is -3.49. The molecule has 2 rings (SSSR count). The van der Waals surface area contributed by atoms with Crippen LogP contribution in [0.4, 0.5) is 0 Å². The Morgan fingerprint density at radius 1 is 1.05 bits per heavy atom. The second-order valence-electron chi connectivity index (χ2n) is 5.75. The SMILES string of the molecule is CCC(C)CC(C)NS(=O)(=O)c1cccc2ccccc12. The molecule has 3 nitrogen and oxygen atoms in total. The topological polar surface area (TPSA) is 46.2 Å². The highest BCUT2D eigenvalue weighted by Crippen LogP contribution is 2.23. The van der Waals surface area contributed by atoms with Gasteiger partial charge in [0.05, 0.1) is 4.90 Å². The fourth-order valence-electron chi connectivity index (χ4n) is 2.58. The van der Waals surface area contributed by atoms with Crippen LogP contribution in [0.1, 0.15) is 33.6 Å². The zero-order valence-electron chi connectivity index (χ0n) is 12.8. The minimum Gasteiger partial charge on any atom is -0.208 e. The number of sulfonamides is 1. The normalized spacial score (nSPS) is 15.0. The lowest BCUT2D eigenvalue weighted by molar-refractivity contribution is 0.445. The van der Waals surface area contributed by atoms with Crippen LogP contribution in [0.5, 0.6) is 0 Å². The lowest BCUT2D eigenvalue weighted by atomic mass is 10.0. The Balaban J connectivity index is 2.30. The molecule has 0 amide bonds. The van der Waals surface area contributed by atoms with E-state index in [-0.39, 0.29) is 6.04 Å². The van der Waals surface area contributed by atoms with E-state index < -0.39 is 10.0 Å². The monoisotopic (exact) mass is 305 g/mol. The molecular formula is C17H23NO2S. The molecule has 0 saturated carbocycles. The van der Waals surface area contributed by atoms with Crippen molar-refractivity contribution < 1.29 is 8.42 Å². The van der Waals surface area contributed by atoms with Gasteiger partial charge in [0.25, 0.3) is 0 Å². The second kappa shape index (κ2) is 6.58. The summed E-state index contributed by atoms with van der Waals surface area (Å²) in [7, 11) is -3.49. The third-order valence-electron chi connectivity index (χ3n) is 3.85. The average molecular weight is 305 g/mol. The van der Waals surface area contributed by atoms with Gasteiger partial charge < -0.3 is 0 Å². The van der Waals surface area contributed by atoms with E-state index in [1.807, 2.05) is 37.3 Å². The van der Waals surface area contributed by atoms with Crippen molar-refractivity contribution in [3.63, 3.8) is 0 Å². The predicted molar refractivity (Wildman–Crippen MR) is 87.8 cm³/mol. The van der Waals surface area contributed by atoms with Gasteiger partial charge in [-0.2, -0.15) is 0 Å². The predicted octanol–water partition coefficient (Wildman–Crippen LogP) is 3.94. The van der Waals surface area contributed by atoms with Crippen LogP contribution >= 0.6 is 0 Å². The molecule has 0 aliphatic carbocycles. The quantitative estimate of drug-likeness (QED) is 0.878. The molecule has 0 radical (unpaired) electrons. The summed E-state index contributed by atoms with van der Waals surface area (Å²) in [6.45, 7) is 6.19. The number of hydrogen-bond donors (Lipinski definition) is 1. The number of rotatable bonds is 6. The van der Waals surface area contributed by atoms with Crippen molar-refractivity contribution in [1.82, 2.24) is 4.72 Å². The molecular weight excluding hydrogens is 282 g/mol. The molecule has 0 spiro atoms. The van der Waals surface area contributed by atoms with Crippen molar-refractivity contribution in [3.05, 3.63) is 42.5 Å². The molecule has 0 aromatic heterocycles. The average Bonchev–Trinajstić information content (AvgIpc) is 2.45. The Bertz CT molecular complexity index is 704. The van der Waals surface area contributed by atoms with E-state index in [0.29, 0.717) is 10.8 Å². The van der Waals surface area contributed by atoms with Crippen LogP contribution in [-0.4, -0.2) is 14.5 Å². The fourth-order valence-corrected chi connectivity index (χ4v) is 4.06. The molecule has 2 aromatic carbocycles. The molecule has 4 heteroatoms. The van der Waals surface area contributed by atoms with E-state index in [2.05, 4.69) is 18.6 Å². The first-order valence-corrected chi connectivity index (χ1v) is 8.92. The first kappa shape index (κ1) is 16.0. The molecule has 0 fully saturated rings. The van der Waals surface area contributed by atoms with Crippen molar-refractivity contribution in [3.8, 4) is 0 Å². The maximum absolute atomic E-state index is 12.6. The van der Waals surface area contributed by atoms with Gasteiger partial charge in [0, 0.05) is 11.4 Å². The van der Waals surface area contributed by atoms with Crippen LogP contribution in [0.2, 0.25) is 0 Å². The van der Waals surface area contributed by atoms with Crippen LogP contribution in [-0.2, 0) is 10.0 Å². The largest absolute Gasteiger partial charge is 0.241 e. The van der Waals surface area contributed by atoms with Gasteiger partial charge in [-0.25, -0.2) is 13.1 Å². The van der Waals surface area contributed by atoms with E-state index in [1.165, 1.54) is 0 Å². The van der Waals surface area contributed by atoms with Gasteiger partial charge in [0.2, 0.25) is 10.0 Å². The van der Waals surface area contributed by atoms with Gasteiger partial charge in [-0.15, -0.1) is 0 Å². The third-order valence-corrected chi connectivity index (χ3v) is 5.50. The van der Waals surface area contributed by atoms with Crippen molar-refractivity contribution >= 4 is 20.8 Å². The van der Waals surface area contributed by atoms with Gasteiger partial charge in [-0.1, -0.05) is 56.7 Å². The zero-order valence-corrected chi connectivity index (χ0v) is 13.7. The van der Waals surface area contributed by atoms with Crippen LogP contribution in [0.15, 0.2) is 47.4 Å². The van der Waals surface area contributed by atoms with Crippen LogP contribution in [0.3, 0.4) is 0 Å². The standard InChI is InChI=1S/C17H23NO2S/c1-4-13(2)12-14(3)18-21(19,20)17-11-7-9-15-8-5-6-10-16(15)17/h5-11,13-14,18H,4,12H2,1-3H3. The molecule has 0 saturated heterocycles. The maximum atomic E-state index is 12.6. The van der Waals surface area contributed by atoms with E-state index in [1.54, 1.807) is 12.1 Å². The highest BCUT2D eigenvalue weighted by atomic mass is 32.2. The van der Waals surface area contributed by atoms with E-state index in [9.17, 15) is 8.42 Å². The lowest BCUT2D eigenvalue weighted by Gasteiger charge is -2.18. The highest BCUT2D eigenvalue weighted by Gasteiger charge is 2.20. The van der Waals surface area contributed by atoms with Gasteiger partial charge in [-0.3, -0.25) is 0 Å². The summed E-state index contributed by atoms with van der Waals surface area (Å²) in [6.07, 6.45) is 1.90. The smallest absolute Gasteiger partial charge is 0.208 e. The summed E-state index contributed by atoms with van der Waals surface area (Å²) in [4.78, 5) is 0.358. The van der Waals surface area contributed by atoms with Gasteiger partial charge in [0.1, 0.15) is 0 Å². The van der Waals surface area contributed by atoms with E-state index in [0.717, 1.165) is 23.6 Å². The van der Waals surface area contributed by atoms with Crippen molar-refractivity contribution in [2.75, 3.05) is 0 Å². The second-order valence-corrected chi connectivity index (χ2v) is 7.43. The van der Waals surface area contributed by atoms with Crippen LogP contribution in [0, 0.1) is 5.92 Å². The van der Waals surface area contributed by atoms with Crippen molar-refractivity contribution in [2.24, 2.45) is 5.92 Å². The lowest BCUT2D eigenvalue weighted by Crippen LogP contribution is -2.33. The van der Waals surface area contributed by atoms with E-state index in [4.69, 9.17) is 0 Å². The van der Waals surface area contributed by atoms with Crippen LogP contribution < -0.4 is 4.72 Å².